The highest BCUT2D eigenvalue weighted by molar-refractivity contribution is 6.30. The first-order valence-corrected chi connectivity index (χ1v) is 8.24. The molecule has 1 aliphatic heterocycles. The van der Waals surface area contributed by atoms with Crippen LogP contribution in [0.4, 0.5) is 10.8 Å². The number of aliphatic hydroxyl groups is 1. The van der Waals surface area contributed by atoms with E-state index in [1.54, 1.807) is 12.1 Å². The molecule has 2 N–H and O–H groups in total. The number of rotatable bonds is 3. The van der Waals surface area contributed by atoms with E-state index < -0.39 is 11.5 Å². The van der Waals surface area contributed by atoms with Gasteiger partial charge in [-0.1, -0.05) is 29.7 Å². The molecule has 3 rings (SSSR count). The molecule has 0 radical (unpaired) electrons. The molecule has 0 aliphatic carbocycles. The maximum absolute atomic E-state index is 12.1. The maximum Gasteiger partial charge on any atom is 0.325 e. The van der Waals surface area contributed by atoms with Crippen molar-refractivity contribution in [3.63, 3.8) is 0 Å². The quantitative estimate of drug-likeness (QED) is 0.826. The number of hydrogen-bond acceptors (Lipinski definition) is 4. The van der Waals surface area contributed by atoms with Gasteiger partial charge in [-0.05, 0) is 31.0 Å². The minimum absolute atomic E-state index is 0.0665. The van der Waals surface area contributed by atoms with Crippen LogP contribution in [0.2, 0.25) is 5.02 Å². The summed E-state index contributed by atoms with van der Waals surface area (Å²) in [4.78, 5) is 18.0. The summed E-state index contributed by atoms with van der Waals surface area (Å²) in [5.74, 6) is 2.74. The van der Waals surface area contributed by atoms with Crippen LogP contribution in [0, 0.1) is 12.3 Å². The van der Waals surface area contributed by atoms with Crippen LogP contribution in [0.3, 0.4) is 0 Å². The summed E-state index contributed by atoms with van der Waals surface area (Å²) >= 11 is 5.93. The van der Waals surface area contributed by atoms with Crippen LogP contribution >= 0.6 is 11.6 Å². The number of hydrogen-bond donors (Lipinski definition) is 2. The standard InChI is InChI=1S/C18H18ClN3O3/c1-3-18(2,12-4-6-13(19)7-5-12)15-11-25-16(20-15)21-17(24)22-9-8-14(23)10-22/h1,4-7,11,14,23H,8-10H2,2H3,(H,20,21,24). The number of oxazole rings is 1. The average molecular weight is 360 g/mol. The van der Waals surface area contributed by atoms with E-state index in [0.29, 0.717) is 30.2 Å². The molecule has 1 aromatic heterocycles. The minimum atomic E-state index is -0.819. The van der Waals surface area contributed by atoms with Crippen LogP contribution in [-0.4, -0.2) is 40.2 Å². The van der Waals surface area contributed by atoms with Crippen LogP contribution in [-0.2, 0) is 5.41 Å². The minimum Gasteiger partial charge on any atom is -0.431 e. The zero-order valence-electron chi connectivity index (χ0n) is 13.7. The predicted molar refractivity (Wildman–Crippen MR) is 94.5 cm³/mol. The number of aromatic nitrogens is 1. The number of amides is 2. The van der Waals surface area contributed by atoms with Crippen molar-refractivity contribution in [3.05, 3.63) is 46.8 Å². The Balaban J connectivity index is 1.78. The Kier molecular flexibility index (Phi) is 4.71. The van der Waals surface area contributed by atoms with Gasteiger partial charge in [0.2, 0.25) is 0 Å². The molecule has 25 heavy (non-hydrogen) atoms. The molecule has 6 nitrogen and oxygen atoms in total. The molecule has 1 fully saturated rings. The Hall–Kier alpha value is -2.49. The molecule has 2 heterocycles. The second kappa shape index (κ2) is 6.79. The SMILES string of the molecule is C#CC(C)(c1ccc(Cl)cc1)c1coc(NC(=O)N2CCC(O)C2)n1. The van der Waals surface area contributed by atoms with E-state index in [4.69, 9.17) is 22.4 Å². The van der Waals surface area contributed by atoms with E-state index in [2.05, 4.69) is 16.2 Å². The van der Waals surface area contributed by atoms with Gasteiger partial charge in [0.25, 0.3) is 0 Å². The van der Waals surface area contributed by atoms with Crippen molar-refractivity contribution in [1.29, 1.82) is 0 Å². The van der Waals surface area contributed by atoms with Gasteiger partial charge in [-0.15, -0.1) is 6.42 Å². The van der Waals surface area contributed by atoms with Gasteiger partial charge < -0.3 is 14.4 Å². The Morgan fingerprint density at radius 1 is 1.52 bits per heavy atom. The Labute approximate surface area is 150 Å². The summed E-state index contributed by atoms with van der Waals surface area (Å²) in [6.45, 7) is 2.64. The smallest absolute Gasteiger partial charge is 0.325 e. The number of nitrogens with zero attached hydrogens (tertiary/aromatic N) is 2. The molecule has 2 unspecified atom stereocenters. The molecule has 1 aromatic carbocycles. The van der Waals surface area contributed by atoms with Gasteiger partial charge in [0.15, 0.2) is 0 Å². The molecule has 1 saturated heterocycles. The fourth-order valence-corrected chi connectivity index (χ4v) is 2.87. The summed E-state index contributed by atoms with van der Waals surface area (Å²) in [5.41, 5.74) is 0.531. The number of urea groups is 1. The summed E-state index contributed by atoms with van der Waals surface area (Å²) < 4.78 is 5.36. The lowest BCUT2D eigenvalue weighted by atomic mass is 9.81. The fraction of sp³-hybridized carbons (Fsp3) is 0.333. The topological polar surface area (TPSA) is 78.6 Å². The van der Waals surface area contributed by atoms with Gasteiger partial charge in [-0.3, -0.25) is 5.32 Å². The third kappa shape index (κ3) is 3.48. The van der Waals surface area contributed by atoms with Crippen molar-refractivity contribution < 1.29 is 14.3 Å². The van der Waals surface area contributed by atoms with E-state index >= 15 is 0 Å². The van der Waals surface area contributed by atoms with Crippen LogP contribution in [0.15, 0.2) is 34.9 Å². The van der Waals surface area contributed by atoms with E-state index in [-0.39, 0.29) is 12.0 Å². The van der Waals surface area contributed by atoms with Gasteiger partial charge >= 0.3 is 12.0 Å². The van der Waals surface area contributed by atoms with E-state index in [1.807, 2.05) is 19.1 Å². The van der Waals surface area contributed by atoms with Crippen molar-refractivity contribution in [2.75, 3.05) is 18.4 Å². The third-order valence-electron chi connectivity index (χ3n) is 4.39. The van der Waals surface area contributed by atoms with Crippen molar-refractivity contribution in [1.82, 2.24) is 9.88 Å². The maximum atomic E-state index is 12.1. The van der Waals surface area contributed by atoms with Crippen molar-refractivity contribution in [2.45, 2.75) is 24.9 Å². The molecule has 0 spiro atoms. The lowest BCUT2D eigenvalue weighted by Gasteiger charge is -2.21. The number of aliphatic hydroxyl groups excluding tert-OH is 1. The first-order chi connectivity index (χ1) is 11.9. The fourth-order valence-electron chi connectivity index (χ4n) is 2.75. The van der Waals surface area contributed by atoms with Crippen LogP contribution < -0.4 is 5.32 Å². The highest BCUT2D eigenvalue weighted by atomic mass is 35.5. The van der Waals surface area contributed by atoms with Crippen molar-refractivity contribution >= 4 is 23.6 Å². The lowest BCUT2D eigenvalue weighted by molar-refractivity contribution is 0.176. The largest absolute Gasteiger partial charge is 0.431 e. The predicted octanol–water partition coefficient (Wildman–Crippen LogP) is 2.87. The van der Waals surface area contributed by atoms with Gasteiger partial charge in [-0.2, -0.15) is 4.98 Å². The number of terminal acetylenes is 1. The summed E-state index contributed by atoms with van der Waals surface area (Å²) in [7, 11) is 0. The van der Waals surface area contributed by atoms with Gasteiger partial charge in [-0.25, -0.2) is 4.79 Å². The van der Waals surface area contributed by atoms with E-state index in [0.717, 1.165) is 5.56 Å². The Morgan fingerprint density at radius 2 is 2.24 bits per heavy atom. The summed E-state index contributed by atoms with van der Waals surface area (Å²) in [6.07, 6.45) is 7.26. The first kappa shape index (κ1) is 17.3. The molecule has 1 aliphatic rings. The number of benzene rings is 1. The molecular weight excluding hydrogens is 342 g/mol. The number of β-amino-alcohol motifs (C(OH)–C–C–N with tert-alkyl or cyclic N) is 1. The van der Waals surface area contributed by atoms with Gasteiger partial charge in [0, 0.05) is 18.1 Å². The molecule has 2 amide bonds. The third-order valence-corrected chi connectivity index (χ3v) is 4.64. The zero-order chi connectivity index (χ0) is 18.0. The second-order valence-corrected chi connectivity index (χ2v) is 6.57. The average Bonchev–Trinajstić information content (AvgIpc) is 3.24. The molecule has 130 valence electrons. The zero-order valence-corrected chi connectivity index (χ0v) is 14.5. The van der Waals surface area contributed by atoms with Crippen LogP contribution in [0.1, 0.15) is 24.6 Å². The summed E-state index contributed by atoms with van der Waals surface area (Å²) in [6, 6.07) is 6.89. The number of likely N-dealkylation sites (tertiary alicyclic amines) is 1. The lowest BCUT2D eigenvalue weighted by Crippen LogP contribution is -2.33. The van der Waals surface area contributed by atoms with Crippen molar-refractivity contribution in [3.8, 4) is 12.3 Å². The number of anilines is 1. The number of halogens is 1. The number of carbonyl (C=O) groups excluding carboxylic acids is 1. The van der Waals surface area contributed by atoms with Crippen LogP contribution in [0.25, 0.3) is 0 Å². The number of carbonyl (C=O) groups is 1. The normalized spacial score (nSPS) is 19.3. The van der Waals surface area contributed by atoms with E-state index in [9.17, 15) is 9.90 Å². The van der Waals surface area contributed by atoms with Gasteiger partial charge in [0.1, 0.15) is 12.0 Å². The molecule has 0 saturated carbocycles. The van der Waals surface area contributed by atoms with Crippen LogP contribution in [0.5, 0.6) is 0 Å². The first-order valence-electron chi connectivity index (χ1n) is 7.86. The number of nitrogens with one attached hydrogen (secondary N) is 1. The second-order valence-electron chi connectivity index (χ2n) is 6.13. The monoisotopic (exact) mass is 359 g/mol. The van der Waals surface area contributed by atoms with Crippen molar-refractivity contribution in [2.24, 2.45) is 0 Å². The molecule has 0 bridgehead atoms. The molecular formula is C18H18ClN3O3. The molecule has 2 aromatic rings. The van der Waals surface area contributed by atoms with E-state index in [1.165, 1.54) is 11.2 Å². The molecule has 7 heteroatoms. The highest BCUT2D eigenvalue weighted by Gasteiger charge is 2.31. The Morgan fingerprint density at radius 3 is 2.84 bits per heavy atom. The van der Waals surface area contributed by atoms with Gasteiger partial charge in [0.05, 0.1) is 11.5 Å². The highest BCUT2D eigenvalue weighted by Crippen LogP contribution is 2.32. The Bertz CT molecular complexity index is 812. The molecule has 2 atom stereocenters. The summed E-state index contributed by atoms with van der Waals surface area (Å²) in [5, 5.41) is 12.7.